The third-order valence-corrected chi connectivity index (χ3v) is 2.86. The van der Waals surface area contributed by atoms with Crippen molar-refractivity contribution < 1.29 is 4.74 Å². The molecule has 0 aliphatic heterocycles. The molecule has 5 heteroatoms. The zero-order valence-corrected chi connectivity index (χ0v) is 12.6. The van der Waals surface area contributed by atoms with Crippen LogP contribution in [-0.4, -0.2) is 21.3 Å². The topological polar surface area (TPSA) is 52.0 Å². The molecule has 0 aromatic carbocycles. The van der Waals surface area contributed by atoms with Crippen molar-refractivity contribution in [1.29, 1.82) is 0 Å². The van der Waals surface area contributed by atoms with E-state index in [1.807, 2.05) is 26.4 Å². The molecule has 2 aromatic rings. The highest BCUT2D eigenvalue weighted by Gasteiger charge is 2.06. The smallest absolute Gasteiger partial charge is 0.222 e. The first kappa shape index (κ1) is 14.5. The van der Waals surface area contributed by atoms with Crippen molar-refractivity contribution in [2.24, 2.45) is 13.0 Å². The Morgan fingerprint density at radius 3 is 2.75 bits per heavy atom. The monoisotopic (exact) mass is 274 g/mol. The normalized spacial score (nSPS) is 11.1. The first-order valence-corrected chi connectivity index (χ1v) is 6.87. The number of aromatic nitrogens is 3. The molecular weight excluding hydrogens is 252 g/mol. The van der Waals surface area contributed by atoms with Crippen LogP contribution in [0.15, 0.2) is 24.7 Å². The second kappa shape index (κ2) is 6.52. The highest BCUT2D eigenvalue weighted by atomic mass is 16.5. The van der Waals surface area contributed by atoms with Crippen LogP contribution < -0.4 is 10.1 Å². The van der Waals surface area contributed by atoms with Crippen LogP contribution in [0.25, 0.3) is 0 Å². The molecular formula is C15H22N4O. The predicted octanol–water partition coefficient (Wildman–Crippen LogP) is 2.66. The van der Waals surface area contributed by atoms with Gasteiger partial charge in [0.05, 0.1) is 12.4 Å². The highest BCUT2D eigenvalue weighted by Crippen LogP contribution is 2.22. The van der Waals surface area contributed by atoms with Gasteiger partial charge in [-0.15, -0.1) is 0 Å². The van der Waals surface area contributed by atoms with E-state index in [4.69, 9.17) is 4.74 Å². The second-order valence-corrected chi connectivity index (χ2v) is 5.44. The third kappa shape index (κ3) is 4.06. The van der Waals surface area contributed by atoms with Crippen LogP contribution in [0.1, 0.15) is 25.0 Å². The molecule has 5 nitrogen and oxygen atoms in total. The summed E-state index contributed by atoms with van der Waals surface area (Å²) in [4.78, 5) is 4.38. The fourth-order valence-electron chi connectivity index (χ4n) is 1.89. The molecule has 0 saturated heterocycles. The number of nitrogens with one attached hydrogen (secondary N) is 1. The van der Waals surface area contributed by atoms with Gasteiger partial charge in [-0.05, 0) is 31.0 Å². The molecule has 0 saturated carbocycles. The Morgan fingerprint density at radius 2 is 2.15 bits per heavy atom. The Hall–Kier alpha value is -1.88. The average molecular weight is 274 g/mol. The van der Waals surface area contributed by atoms with Gasteiger partial charge in [0.1, 0.15) is 0 Å². The summed E-state index contributed by atoms with van der Waals surface area (Å²) in [6.07, 6.45) is 5.35. The summed E-state index contributed by atoms with van der Waals surface area (Å²) in [5.74, 6) is 1.98. The van der Waals surface area contributed by atoms with Gasteiger partial charge in [0.2, 0.25) is 5.88 Å². The third-order valence-electron chi connectivity index (χ3n) is 2.86. The van der Waals surface area contributed by atoms with E-state index in [0.29, 0.717) is 17.5 Å². The molecule has 0 atom stereocenters. The maximum atomic E-state index is 5.71. The maximum absolute atomic E-state index is 5.71. The van der Waals surface area contributed by atoms with Gasteiger partial charge in [0.15, 0.2) is 5.75 Å². The lowest BCUT2D eigenvalue weighted by molar-refractivity contribution is 0.457. The summed E-state index contributed by atoms with van der Waals surface area (Å²) in [6, 6.07) is 2.10. The molecule has 20 heavy (non-hydrogen) atoms. The minimum atomic E-state index is 0.630. The van der Waals surface area contributed by atoms with Crippen molar-refractivity contribution in [3.8, 4) is 11.6 Å². The second-order valence-electron chi connectivity index (χ2n) is 5.44. The van der Waals surface area contributed by atoms with Crippen LogP contribution in [0.5, 0.6) is 11.6 Å². The fourth-order valence-corrected chi connectivity index (χ4v) is 1.89. The van der Waals surface area contributed by atoms with Crippen LogP contribution >= 0.6 is 0 Å². The number of nitrogens with zero attached hydrogens (tertiary/aromatic N) is 3. The lowest BCUT2D eigenvalue weighted by Gasteiger charge is -2.10. The van der Waals surface area contributed by atoms with E-state index in [1.165, 1.54) is 5.56 Å². The van der Waals surface area contributed by atoms with Gasteiger partial charge in [-0.3, -0.25) is 4.68 Å². The molecule has 2 aromatic heterocycles. The summed E-state index contributed by atoms with van der Waals surface area (Å²) >= 11 is 0. The van der Waals surface area contributed by atoms with E-state index >= 15 is 0 Å². The molecule has 0 aliphatic rings. The van der Waals surface area contributed by atoms with Crippen LogP contribution in [0.2, 0.25) is 0 Å². The Labute approximate surface area is 120 Å². The minimum Gasteiger partial charge on any atom is -0.435 e. The lowest BCUT2D eigenvalue weighted by Crippen LogP contribution is -2.19. The standard InChI is InChI=1S/C15H22N4O/c1-11(2)6-16-7-13-5-12(3)15(17-8-13)20-14-9-18-19(4)10-14/h5,8-11,16H,6-7H2,1-4H3. The summed E-state index contributed by atoms with van der Waals surface area (Å²) in [5.41, 5.74) is 2.19. The van der Waals surface area contributed by atoms with Crippen molar-refractivity contribution in [3.63, 3.8) is 0 Å². The lowest BCUT2D eigenvalue weighted by atomic mass is 10.2. The van der Waals surface area contributed by atoms with E-state index in [0.717, 1.165) is 18.7 Å². The predicted molar refractivity (Wildman–Crippen MR) is 78.8 cm³/mol. The van der Waals surface area contributed by atoms with Crippen molar-refractivity contribution in [1.82, 2.24) is 20.1 Å². The zero-order chi connectivity index (χ0) is 14.5. The summed E-state index contributed by atoms with van der Waals surface area (Å²) in [5, 5.41) is 7.48. The van der Waals surface area contributed by atoms with Gasteiger partial charge in [0, 0.05) is 25.4 Å². The summed E-state index contributed by atoms with van der Waals surface area (Å²) in [7, 11) is 1.86. The first-order chi connectivity index (χ1) is 9.54. The SMILES string of the molecule is Cc1cc(CNCC(C)C)cnc1Oc1cnn(C)c1. The Bertz CT molecular complexity index is 563. The van der Waals surface area contributed by atoms with Crippen molar-refractivity contribution in [3.05, 3.63) is 35.8 Å². The van der Waals surface area contributed by atoms with Gasteiger partial charge in [-0.25, -0.2) is 4.98 Å². The number of ether oxygens (including phenoxy) is 1. The largest absolute Gasteiger partial charge is 0.435 e. The van der Waals surface area contributed by atoms with Crippen molar-refractivity contribution in [2.45, 2.75) is 27.3 Å². The highest BCUT2D eigenvalue weighted by molar-refractivity contribution is 5.32. The molecule has 0 aliphatic carbocycles. The van der Waals surface area contributed by atoms with E-state index in [1.54, 1.807) is 10.9 Å². The van der Waals surface area contributed by atoms with Gasteiger partial charge < -0.3 is 10.1 Å². The number of aryl methyl sites for hydroxylation is 2. The fraction of sp³-hybridized carbons (Fsp3) is 0.467. The molecule has 0 spiro atoms. The van der Waals surface area contributed by atoms with Gasteiger partial charge in [-0.2, -0.15) is 5.10 Å². The first-order valence-electron chi connectivity index (χ1n) is 6.87. The maximum Gasteiger partial charge on any atom is 0.222 e. The molecule has 108 valence electrons. The Morgan fingerprint density at radius 1 is 1.35 bits per heavy atom. The minimum absolute atomic E-state index is 0.630. The summed E-state index contributed by atoms with van der Waals surface area (Å²) < 4.78 is 7.42. The van der Waals surface area contributed by atoms with Gasteiger partial charge in [-0.1, -0.05) is 13.8 Å². The van der Waals surface area contributed by atoms with Gasteiger partial charge >= 0.3 is 0 Å². The van der Waals surface area contributed by atoms with Gasteiger partial charge in [0.25, 0.3) is 0 Å². The molecule has 0 unspecified atom stereocenters. The molecule has 0 fully saturated rings. The van der Waals surface area contributed by atoms with Crippen molar-refractivity contribution >= 4 is 0 Å². The van der Waals surface area contributed by atoms with Crippen LogP contribution in [0, 0.1) is 12.8 Å². The van der Waals surface area contributed by atoms with E-state index in [2.05, 4.69) is 35.3 Å². The molecule has 0 bridgehead atoms. The van der Waals surface area contributed by atoms with E-state index < -0.39 is 0 Å². The molecule has 2 heterocycles. The molecule has 1 N–H and O–H groups in total. The van der Waals surface area contributed by atoms with Crippen LogP contribution in [0.4, 0.5) is 0 Å². The average Bonchev–Trinajstić information content (AvgIpc) is 2.78. The van der Waals surface area contributed by atoms with E-state index in [-0.39, 0.29) is 0 Å². The number of hydrogen-bond donors (Lipinski definition) is 1. The molecule has 0 radical (unpaired) electrons. The number of rotatable bonds is 6. The Balaban J connectivity index is 1.98. The number of pyridine rings is 1. The van der Waals surface area contributed by atoms with Crippen molar-refractivity contribution in [2.75, 3.05) is 6.54 Å². The molecule has 0 amide bonds. The Kier molecular flexibility index (Phi) is 4.74. The number of hydrogen-bond acceptors (Lipinski definition) is 4. The molecule has 2 rings (SSSR count). The zero-order valence-electron chi connectivity index (χ0n) is 12.6. The quantitative estimate of drug-likeness (QED) is 0.880. The summed E-state index contributed by atoms with van der Waals surface area (Å²) in [6.45, 7) is 8.24. The van der Waals surface area contributed by atoms with Crippen LogP contribution in [-0.2, 0) is 13.6 Å². The van der Waals surface area contributed by atoms with Crippen LogP contribution in [0.3, 0.4) is 0 Å². The van der Waals surface area contributed by atoms with E-state index in [9.17, 15) is 0 Å².